The summed E-state index contributed by atoms with van der Waals surface area (Å²) in [5.74, 6) is 0.0254. The summed E-state index contributed by atoms with van der Waals surface area (Å²) in [5.41, 5.74) is 1.54. The molecule has 0 bridgehead atoms. The number of hydrogen-bond donors (Lipinski definition) is 3. The van der Waals surface area contributed by atoms with E-state index in [4.69, 9.17) is 16.3 Å². The van der Waals surface area contributed by atoms with Gasteiger partial charge in [0.15, 0.2) is 6.04 Å². The number of quaternary nitrogens is 1. The van der Waals surface area contributed by atoms with Gasteiger partial charge < -0.3 is 20.5 Å². The molecular formula is C23H27ClN3O4+. The summed E-state index contributed by atoms with van der Waals surface area (Å²) < 4.78 is 5.66. The fraction of sp³-hybridized carbons (Fsp3) is 0.391. The number of fused-ring (bicyclic) bond motifs is 1. The van der Waals surface area contributed by atoms with Gasteiger partial charge in [0.2, 0.25) is 5.54 Å². The van der Waals surface area contributed by atoms with E-state index in [1.165, 1.54) is 0 Å². The minimum Gasteiger partial charge on any atom is -0.496 e. The van der Waals surface area contributed by atoms with E-state index in [1.807, 2.05) is 32.2 Å². The van der Waals surface area contributed by atoms with Gasteiger partial charge in [-0.3, -0.25) is 14.1 Å². The molecule has 2 aliphatic heterocycles. The van der Waals surface area contributed by atoms with Crippen LogP contribution in [0.3, 0.4) is 0 Å². The number of likely N-dealkylation sites (tertiary alicyclic amines) is 1. The standard InChI is InChI=1S/C23H26ClN3O4/c1-13-5-8-20(31-4)17(9-13)23(16-10-14(24)6-7-18(16)26-22(23)30)27(3)12-15(28)11-19(27)21(29)25-2/h5-10,15,19,28H,11-12H2,1-4H3,(H-,25,26,29,30)/p+1/t15-,19-,23?,27?/m0/s1. The summed E-state index contributed by atoms with van der Waals surface area (Å²) in [5, 5.41) is 16.9. The van der Waals surface area contributed by atoms with Gasteiger partial charge in [0.1, 0.15) is 18.4 Å². The molecule has 4 rings (SSSR count). The van der Waals surface area contributed by atoms with Crippen LogP contribution in [0.25, 0.3) is 0 Å². The highest BCUT2D eigenvalue weighted by Crippen LogP contribution is 2.55. The van der Waals surface area contributed by atoms with Crippen molar-refractivity contribution in [2.24, 2.45) is 0 Å². The van der Waals surface area contributed by atoms with E-state index >= 15 is 0 Å². The van der Waals surface area contributed by atoms with Gasteiger partial charge in [-0.1, -0.05) is 23.2 Å². The number of carbonyl (C=O) groups is 2. The number of likely N-dealkylation sites (N-methyl/N-ethyl adjacent to an activating group) is 2. The lowest BCUT2D eigenvalue weighted by molar-refractivity contribution is -0.953. The number of aryl methyl sites for hydroxylation is 1. The first-order valence-electron chi connectivity index (χ1n) is 10.2. The normalized spacial score (nSPS) is 29.4. The zero-order chi connectivity index (χ0) is 22.6. The molecule has 1 fully saturated rings. The monoisotopic (exact) mass is 444 g/mol. The van der Waals surface area contributed by atoms with E-state index in [9.17, 15) is 14.7 Å². The smallest absolute Gasteiger partial charge is 0.295 e. The van der Waals surface area contributed by atoms with Crippen LogP contribution in [0, 0.1) is 6.92 Å². The van der Waals surface area contributed by atoms with E-state index in [1.54, 1.807) is 32.4 Å². The lowest BCUT2D eigenvalue weighted by Crippen LogP contribution is -2.68. The molecule has 2 amide bonds. The molecule has 0 spiro atoms. The van der Waals surface area contributed by atoms with Crippen molar-refractivity contribution in [1.29, 1.82) is 0 Å². The van der Waals surface area contributed by atoms with Gasteiger partial charge in [-0.15, -0.1) is 0 Å². The molecule has 3 N–H and O–H groups in total. The van der Waals surface area contributed by atoms with Crippen molar-refractivity contribution in [3.8, 4) is 5.75 Å². The number of nitrogens with zero attached hydrogens (tertiary/aromatic N) is 1. The molecule has 31 heavy (non-hydrogen) atoms. The third kappa shape index (κ3) is 2.95. The van der Waals surface area contributed by atoms with E-state index in [0.717, 1.165) is 5.56 Å². The molecule has 4 atom stereocenters. The van der Waals surface area contributed by atoms with Crippen LogP contribution < -0.4 is 15.4 Å². The largest absolute Gasteiger partial charge is 0.496 e. The van der Waals surface area contributed by atoms with Crippen molar-refractivity contribution in [3.05, 3.63) is 58.1 Å². The first-order valence-corrected chi connectivity index (χ1v) is 10.6. The zero-order valence-electron chi connectivity index (χ0n) is 18.0. The summed E-state index contributed by atoms with van der Waals surface area (Å²) in [6.45, 7) is 2.16. The van der Waals surface area contributed by atoms with Crippen LogP contribution in [0.15, 0.2) is 36.4 Å². The Morgan fingerprint density at radius 3 is 2.71 bits per heavy atom. The van der Waals surface area contributed by atoms with Crippen molar-refractivity contribution in [1.82, 2.24) is 5.32 Å². The molecule has 7 nitrogen and oxygen atoms in total. The second-order valence-corrected chi connectivity index (χ2v) is 8.96. The molecule has 2 aliphatic rings. The average Bonchev–Trinajstić information content (AvgIpc) is 3.20. The van der Waals surface area contributed by atoms with Crippen molar-refractivity contribution >= 4 is 29.1 Å². The quantitative estimate of drug-likeness (QED) is 0.631. The Morgan fingerprint density at radius 1 is 1.29 bits per heavy atom. The summed E-state index contributed by atoms with van der Waals surface area (Å²) in [6.07, 6.45) is -0.495. The maximum Gasteiger partial charge on any atom is 0.295 e. The van der Waals surface area contributed by atoms with Gasteiger partial charge in [-0.05, 0) is 37.3 Å². The molecule has 8 heteroatoms. The molecule has 0 aromatic heterocycles. The predicted octanol–water partition coefficient (Wildman–Crippen LogP) is 2.18. The molecule has 164 valence electrons. The Kier molecular flexibility index (Phi) is 5.24. The summed E-state index contributed by atoms with van der Waals surface area (Å²) in [6, 6.07) is 10.3. The van der Waals surface area contributed by atoms with Crippen LogP contribution in [0.4, 0.5) is 5.69 Å². The van der Waals surface area contributed by atoms with Crippen LogP contribution in [-0.2, 0) is 15.1 Å². The Labute approximate surface area is 186 Å². The van der Waals surface area contributed by atoms with Gasteiger partial charge in [-0.2, -0.15) is 0 Å². The van der Waals surface area contributed by atoms with E-state index in [2.05, 4.69) is 10.6 Å². The number of amides is 2. The molecule has 0 saturated carbocycles. The van der Waals surface area contributed by atoms with Gasteiger partial charge in [0.25, 0.3) is 11.8 Å². The van der Waals surface area contributed by atoms with Crippen molar-refractivity contribution in [2.45, 2.75) is 31.0 Å². The van der Waals surface area contributed by atoms with Crippen molar-refractivity contribution in [3.63, 3.8) is 0 Å². The molecular weight excluding hydrogens is 418 g/mol. The Balaban J connectivity index is 2.13. The molecule has 1 saturated heterocycles. The van der Waals surface area contributed by atoms with Crippen LogP contribution in [0.2, 0.25) is 5.02 Å². The number of aliphatic hydroxyl groups is 1. The topological polar surface area (TPSA) is 87.7 Å². The number of benzene rings is 2. The first-order chi connectivity index (χ1) is 14.7. The molecule has 2 heterocycles. The number of anilines is 1. The number of carbonyl (C=O) groups excluding carboxylic acids is 2. The fourth-order valence-corrected chi connectivity index (χ4v) is 5.62. The third-order valence-corrected chi connectivity index (χ3v) is 7.02. The van der Waals surface area contributed by atoms with E-state index in [-0.39, 0.29) is 29.3 Å². The number of halogens is 1. The van der Waals surface area contributed by atoms with E-state index < -0.39 is 17.7 Å². The van der Waals surface area contributed by atoms with Crippen LogP contribution in [0.1, 0.15) is 23.1 Å². The van der Waals surface area contributed by atoms with Gasteiger partial charge >= 0.3 is 0 Å². The number of hydrogen-bond acceptors (Lipinski definition) is 4. The molecule has 2 aromatic rings. The van der Waals surface area contributed by atoms with Gasteiger partial charge in [0.05, 0.1) is 31.0 Å². The highest BCUT2D eigenvalue weighted by molar-refractivity contribution is 6.31. The Morgan fingerprint density at radius 2 is 2.03 bits per heavy atom. The summed E-state index contributed by atoms with van der Waals surface area (Å²) >= 11 is 6.39. The molecule has 0 radical (unpaired) electrons. The van der Waals surface area contributed by atoms with E-state index in [0.29, 0.717) is 27.6 Å². The highest BCUT2D eigenvalue weighted by Gasteiger charge is 2.68. The van der Waals surface area contributed by atoms with Gasteiger partial charge in [0, 0.05) is 18.5 Å². The van der Waals surface area contributed by atoms with Crippen LogP contribution in [0.5, 0.6) is 5.75 Å². The van der Waals surface area contributed by atoms with Crippen LogP contribution in [-0.4, -0.2) is 61.3 Å². The third-order valence-electron chi connectivity index (χ3n) is 6.78. The van der Waals surface area contributed by atoms with Crippen molar-refractivity contribution < 1.29 is 23.9 Å². The lowest BCUT2D eigenvalue weighted by Gasteiger charge is -2.48. The molecule has 0 aliphatic carbocycles. The second kappa shape index (κ2) is 7.51. The van der Waals surface area contributed by atoms with Crippen LogP contribution >= 0.6 is 11.6 Å². The average molecular weight is 445 g/mol. The summed E-state index contributed by atoms with van der Waals surface area (Å²) in [4.78, 5) is 26.9. The van der Waals surface area contributed by atoms with Crippen molar-refractivity contribution in [2.75, 3.05) is 33.1 Å². The number of rotatable bonds is 4. The molecule has 2 unspecified atom stereocenters. The Bertz CT molecular complexity index is 1070. The lowest BCUT2D eigenvalue weighted by atomic mass is 9.78. The SMILES string of the molecule is CNC(=O)[C@@H]1C[C@H](O)C[N+]1(C)C1(c2cc(C)ccc2OC)C(=O)Nc2ccc(Cl)cc21. The summed E-state index contributed by atoms with van der Waals surface area (Å²) in [7, 11) is 4.98. The number of aliphatic hydroxyl groups excluding tert-OH is 1. The second-order valence-electron chi connectivity index (χ2n) is 8.53. The minimum absolute atomic E-state index is 0.0349. The Hall–Kier alpha value is -2.61. The van der Waals surface area contributed by atoms with Gasteiger partial charge in [-0.25, -0.2) is 0 Å². The number of ether oxygens (including phenoxy) is 1. The molecule has 2 aromatic carbocycles. The first kappa shape index (κ1) is 21.6. The number of methoxy groups -OCH3 is 1. The zero-order valence-corrected chi connectivity index (χ0v) is 18.8. The fourth-order valence-electron chi connectivity index (χ4n) is 5.45. The maximum absolute atomic E-state index is 14.0. The maximum atomic E-state index is 14.0. The minimum atomic E-state index is -1.34. The predicted molar refractivity (Wildman–Crippen MR) is 118 cm³/mol. The highest BCUT2D eigenvalue weighted by atomic mass is 35.5. The number of nitrogens with one attached hydrogen (secondary N) is 2.